The first kappa shape index (κ1) is 16.3. The molecule has 6 nitrogen and oxygen atoms in total. The van der Waals surface area contributed by atoms with Crippen molar-refractivity contribution in [2.75, 3.05) is 11.1 Å². The minimum absolute atomic E-state index is 0.0270. The maximum Gasteiger partial charge on any atom is 0.230 e. The van der Waals surface area contributed by atoms with Crippen LogP contribution in [0.15, 0.2) is 54.6 Å². The molecule has 0 fully saturated rings. The Kier molecular flexibility index (Phi) is 4.48. The summed E-state index contributed by atoms with van der Waals surface area (Å²) < 4.78 is 1.48. The second-order valence-corrected chi connectivity index (χ2v) is 5.66. The van der Waals surface area contributed by atoms with Crippen LogP contribution in [-0.2, 0) is 11.2 Å². The summed E-state index contributed by atoms with van der Waals surface area (Å²) in [6.45, 7) is 1.98. The van der Waals surface area contributed by atoms with Crippen LogP contribution in [0.2, 0.25) is 0 Å². The maximum atomic E-state index is 12.3. The number of nitrogen functional groups attached to an aromatic ring is 1. The first-order valence-electron chi connectivity index (χ1n) is 7.78. The molecule has 0 aliphatic carbocycles. The molecule has 0 spiro atoms. The van der Waals surface area contributed by atoms with Crippen LogP contribution in [0.5, 0.6) is 0 Å². The second kappa shape index (κ2) is 6.89. The summed E-state index contributed by atoms with van der Waals surface area (Å²) >= 11 is 0. The Morgan fingerprint density at radius 1 is 1.20 bits per heavy atom. The fourth-order valence-corrected chi connectivity index (χ4v) is 2.48. The zero-order chi connectivity index (χ0) is 17.8. The summed E-state index contributed by atoms with van der Waals surface area (Å²) in [7, 11) is 0. The van der Waals surface area contributed by atoms with Gasteiger partial charge in [-0.1, -0.05) is 35.9 Å². The minimum atomic E-state index is -0.252. The number of benzene rings is 2. The average molecular weight is 331 g/mol. The summed E-state index contributed by atoms with van der Waals surface area (Å²) in [4.78, 5) is 12.3. The fourth-order valence-electron chi connectivity index (χ4n) is 2.48. The highest BCUT2D eigenvalue weighted by Crippen LogP contribution is 2.21. The van der Waals surface area contributed by atoms with Gasteiger partial charge in [-0.05, 0) is 31.2 Å². The molecular formula is C19H17N5O. The molecule has 3 N–H and O–H groups in total. The largest absolute Gasteiger partial charge is 0.382 e. The molecule has 0 bridgehead atoms. The number of aromatic nitrogens is 2. The van der Waals surface area contributed by atoms with Gasteiger partial charge in [0.05, 0.1) is 17.8 Å². The molecule has 1 aromatic heterocycles. The Morgan fingerprint density at radius 2 is 1.88 bits per heavy atom. The molecule has 0 saturated carbocycles. The van der Waals surface area contributed by atoms with Crippen molar-refractivity contribution in [3.63, 3.8) is 0 Å². The summed E-state index contributed by atoms with van der Waals surface area (Å²) in [6.07, 6.45) is -0.0270. The van der Waals surface area contributed by atoms with Crippen LogP contribution in [-0.4, -0.2) is 15.7 Å². The van der Waals surface area contributed by atoms with Crippen LogP contribution in [0, 0.1) is 18.3 Å². The zero-order valence-corrected chi connectivity index (χ0v) is 13.7. The van der Waals surface area contributed by atoms with Crippen molar-refractivity contribution >= 4 is 17.4 Å². The van der Waals surface area contributed by atoms with Crippen LogP contribution >= 0.6 is 0 Å². The lowest BCUT2D eigenvalue weighted by Crippen LogP contribution is -2.15. The summed E-state index contributed by atoms with van der Waals surface area (Å²) in [5, 5.41) is 16.5. The Balaban J connectivity index is 1.84. The van der Waals surface area contributed by atoms with Crippen molar-refractivity contribution in [3.05, 3.63) is 71.4 Å². The first-order valence-corrected chi connectivity index (χ1v) is 7.78. The number of para-hydroxylation sites is 1. The van der Waals surface area contributed by atoms with Crippen molar-refractivity contribution in [1.82, 2.24) is 9.78 Å². The third-order valence-electron chi connectivity index (χ3n) is 3.77. The predicted molar refractivity (Wildman–Crippen MR) is 96.2 cm³/mol. The SMILES string of the molecule is Cc1ccc(NC(=O)Cc2nn(-c3ccccc3)c(N)c2C#N)cc1. The molecule has 2 aromatic carbocycles. The van der Waals surface area contributed by atoms with Crippen LogP contribution < -0.4 is 11.1 Å². The normalized spacial score (nSPS) is 10.2. The van der Waals surface area contributed by atoms with Gasteiger partial charge in [0.2, 0.25) is 5.91 Å². The van der Waals surface area contributed by atoms with Crippen molar-refractivity contribution in [1.29, 1.82) is 5.26 Å². The van der Waals surface area contributed by atoms with E-state index in [4.69, 9.17) is 5.73 Å². The van der Waals surface area contributed by atoms with Crippen LogP contribution in [0.1, 0.15) is 16.8 Å². The lowest BCUT2D eigenvalue weighted by molar-refractivity contribution is -0.115. The summed E-state index contributed by atoms with van der Waals surface area (Å²) in [5.74, 6) is -0.0232. The van der Waals surface area contributed by atoms with Gasteiger partial charge in [0.15, 0.2) is 0 Å². The highest BCUT2D eigenvalue weighted by molar-refractivity contribution is 5.92. The molecule has 1 amide bonds. The fraction of sp³-hybridized carbons (Fsp3) is 0.105. The first-order chi connectivity index (χ1) is 12.1. The van der Waals surface area contributed by atoms with E-state index < -0.39 is 0 Å². The quantitative estimate of drug-likeness (QED) is 0.768. The van der Waals surface area contributed by atoms with E-state index in [1.807, 2.05) is 67.6 Å². The number of nitriles is 1. The van der Waals surface area contributed by atoms with Gasteiger partial charge in [-0.25, -0.2) is 4.68 Å². The standard InChI is InChI=1S/C19H17N5O/c1-13-7-9-14(10-8-13)22-18(25)11-17-16(12-20)19(21)24(23-17)15-5-3-2-4-6-15/h2-10H,11,21H2,1H3,(H,22,25). The van der Waals surface area contributed by atoms with Crippen LogP contribution in [0.4, 0.5) is 11.5 Å². The van der Waals surface area contributed by atoms with E-state index >= 15 is 0 Å². The van der Waals surface area contributed by atoms with Crippen molar-refractivity contribution in [3.8, 4) is 11.8 Å². The number of hydrogen-bond acceptors (Lipinski definition) is 4. The predicted octanol–water partition coefficient (Wildman–Crippen LogP) is 2.82. The van der Waals surface area contributed by atoms with E-state index in [1.54, 1.807) is 0 Å². The number of anilines is 2. The smallest absolute Gasteiger partial charge is 0.230 e. The molecule has 0 saturated heterocycles. The van der Waals surface area contributed by atoms with E-state index in [9.17, 15) is 10.1 Å². The zero-order valence-electron chi connectivity index (χ0n) is 13.7. The highest BCUT2D eigenvalue weighted by atomic mass is 16.1. The molecule has 0 radical (unpaired) electrons. The minimum Gasteiger partial charge on any atom is -0.382 e. The lowest BCUT2D eigenvalue weighted by atomic mass is 10.2. The van der Waals surface area contributed by atoms with E-state index in [1.165, 1.54) is 4.68 Å². The monoisotopic (exact) mass is 331 g/mol. The number of carbonyl (C=O) groups is 1. The van der Waals surface area contributed by atoms with Crippen molar-refractivity contribution < 1.29 is 4.79 Å². The molecule has 0 atom stereocenters. The Bertz CT molecular complexity index is 936. The summed E-state index contributed by atoms with van der Waals surface area (Å²) in [6, 6.07) is 18.8. The number of nitrogens with two attached hydrogens (primary N) is 1. The number of hydrogen-bond donors (Lipinski definition) is 2. The Labute approximate surface area is 145 Å². The highest BCUT2D eigenvalue weighted by Gasteiger charge is 2.19. The Morgan fingerprint density at radius 3 is 2.52 bits per heavy atom. The van der Waals surface area contributed by atoms with Gasteiger partial charge < -0.3 is 11.1 Å². The number of carbonyl (C=O) groups excluding carboxylic acids is 1. The van der Waals surface area contributed by atoms with Gasteiger partial charge >= 0.3 is 0 Å². The molecule has 124 valence electrons. The maximum absolute atomic E-state index is 12.3. The number of nitrogens with one attached hydrogen (secondary N) is 1. The van der Waals surface area contributed by atoms with E-state index in [-0.39, 0.29) is 23.7 Å². The molecular weight excluding hydrogens is 314 g/mol. The molecule has 3 aromatic rings. The van der Waals surface area contributed by atoms with E-state index in [0.29, 0.717) is 11.4 Å². The average Bonchev–Trinajstić information content (AvgIpc) is 2.93. The number of aryl methyl sites for hydroxylation is 1. The molecule has 0 aliphatic heterocycles. The third kappa shape index (κ3) is 3.51. The molecule has 25 heavy (non-hydrogen) atoms. The Hall–Kier alpha value is -3.59. The molecule has 3 rings (SSSR count). The third-order valence-corrected chi connectivity index (χ3v) is 3.77. The van der Waals surface area contributed by atoms with Crippen LogP contribution in [0.25, 0.3) is 5.69 Å². The molecule has 0 aliphatic rings. The topological polar surface area (TPSA) is 96.7 Å². The van der Waals surface area contributed by atoms with Gasteiger partial charge in [-0.15, -0.1) is 0 Å². The number of nitrogens with zero attached hydrogens (tertiary/aromatic N) is 3. The van der Waals surface area contributed by atoms with Crippen molar-refractivity contribution in [2.24, 2.45) is 0 Å². The van der Waals surface area contributed by atoms with Crippen LogP contribution in [0.3, 0.4) is 0 Å². The van der Waals surface area contributed by atoms with Crippen molar-refractivity contribution in [2.45, 2.75) is 13.3 Å². The van der Waals surface area contributed by atoms with Gasteiger partial charge in [0.25, 0.3) is 0 Å². The number of rotatable bonds is 4. The van der Waals surface area contributed by atoms with Gasteiger partial charge in [0, 0.05) is 5.69 Å². The van der Waals surface area contributed by atoms with Gasteiger partial charge in [-0.2, -0.15) is 10.4 Å². The summed E-state index contributed by atoms with van der Waals surface area (Å²) in [5.41, 5.74) is 9.16. The molecule has 6 heteroatoms. The number of amides is 1. The van der Waals surface area contributed by atoms with Gasteiger partial charge in [-0.3, -0.25) is 4.79 Å². The van der Waals surface area contributed by atoms with E-state index in [2.05, 4.69) is 10.4 Å². The van der Waals surface area contributed by atoms with Gasteiger partial charge in [0.1, 0.15) is 17.5 Å². The lowest BCUT2D eigenvalue weighted by Gasteiger charge is -2.04. The van der Waals surface area contributed by atoms with E-state index in [0.717, 1.165) is 11.3 Å². The second-order valence-electron chi connectivity index (χ2n) is 5.66. The molecule has 1 heterocycles. The molecule has 0 unspecified atom stereocenters.